The summed E-state index contributed by atoms with van der Waals surface area (Å²) >= 11 is 0. The number of amides is 1. The highest BCUT2D eigenvalue weighted by atomic mass is 19.4. The number of hydrazone groups is 1. The van der Waals surface area contributed by atoms with Crippen LogP contribution in [-0.4, -0.2) is 34.9 Å². The third-order valence-electron chi connectivity index (χ3n) is 4.99. The third kappa shape index (κ3) is 5.46. The van der Waals surface area contributed by atoms with Crippen molar-refractivity contribution in [2.45, 2.75) is 6.18 Å². The number of nitrogens with one attached hydrogen (secondary N) is 1. The maximum atomic E-state index is 13.2. The number of ether oxygens (including phenoxy) is 1. The highest BCUT2D eigenvalue weighted by Crippen LogP contribution is 2.31. The molecule has 0 saturated heterocycles. The molecular weight excluding hydrogens is 477 g/mol. The number of carbonyl (C=O) groups is 2. The second-order valence-corrected chi connectivity index (χ2v) is 7.43. The molecule has 0 bridgehead atoms. The van der Waals surface area contributed by atoms with E-state index in [2.05, 4.69) is 15.3 Å². The molecule has 1 heterocycles. The smallest absolute Gasteiger partial charge is 0.416 e. The van der Waals surface area contributed by atoms with E-state index in [1.807, 2.05) is 0 Å². The van der Waals surface area contributed by atoms with Crippen molar-refractivity contribution >= 4 is 34.6 Å². The van der Waals surface area contributed by atoms with Crippen molar-refractivity contribution in [2.75, 3.05) is 11.6 Å². The van der Waals surface area contributed by atoms with E-state index in [1.54, 1.807) is 42.5 Å². The van der Waals surface area contributed by atoms with Crippen LogP contribution in [0.4, 0.5) is 18.9 Å². The molecule has 0 aliphatic carbocycles. The van der Waals surface area contributed by atoms with Crippen LogP contribution in [0.5, 0.6) is 0 Å². The normalized spacial score (nSPS) is 11.5. The van der Waals surface area contributed by atoms with E-state index in [9.17, 15) is 27.6 Å². The molecule has 0 spiro atoms. The molecule has 11 heteroatoms. The summed E-state index contributed by atoms with van der Waals surface area (Å²) in [7, 11) is 0. The Balaban J connectivity index is 1.60. The van der Waals surface area contributed by atoms with Gasteiger partial charge in [0.15, 0.2) is 12.3 Å². The molecule has 0 aliphatic heterocycles. The van der Waals surface area contributed by atoms with E-state index in [0.29, 0.717) is 10.6 Å². The lowest BCUT2D eigenvalue weighted by Gasteiger charge is -2.18. The zero-order valence-corrected chi connectivity index (χ0v) is 18.4. The van der Waals surface area contributed by atoms with Gasteiger partial charge in [0.2, 0.25) is 0 Å². The first kappa shape index (κ1) is 24.3. The average molecular weight is 494 g/mol. The van der Waals surface area contributed by atoms with Crippen LogP contribution in [0.3, 0.4) is 0 Å². The summed E-state index contributed by atoms with van der Waals surface area (Å²) in [6, 6.07) is 18.8. The van der Waals surface area contributed by atoms with Gasteiger partial charge in [-0.15, -0.1) is 0 Å². The van der Waals surface area contributed by atoms with Gasteiger partial charge < -0.3 is 4.74 Å². The number of carbonyl (C=O) groups excluding carboxylic acids is 2. The first-order valence-electron chi connectivity index (χ1n) is 10.5. The van der Waals surface area contributed by atoms with Crippen LogP contribution in [0.25, 0.3) is 10.8 Å². The maximum Gasteiger partial charge on any atom is 0.416 e. The number of H-pyrrole nitrogens is 1. The Bertz CT molecular complexity index is 1500. The van der Waals surface area contributed by atoms with Gasteiger partial charge in [-0.2, -0.15) is 28.4 Å². The predicted octanol–water partition coefficient (Wildman–Crippen LogP) is 4.17. The van der Waals surface area contributed by atoms with Gasteiger partial charge in [0, 0.05) is 5.39 Å². The van der Waals surface area contributed by atoms with E-state index >= 15 is 0 Å². The van der Waals surface area contributed by atoms with Crippen LogP contribution in [-0.2, 0) is 15.7 Å². The minimum atomic E-state index is -4.64. The highest BCUT2D eigenvalue weighted by molar-refractivity contribution is 6.03. The Hall–Kier alpha value is -4.80. The summed E-state index contributed by atoms with van der Waals surface area (Å²) in [5.74, 6) is -1.92. The van der Waals surface area contributed by atoms with Gasteiger partial charge in [-0.1, -0.05) is 54.6 Å². The fourth-order valence-corrected chi connectivity index (χ4v) is 3.28. The summed E-state index contributed by atoms with van der Waals surface area (Å²) in [5.41, 5.74) is -1.30. The maximum absolute atomic E-state index is 13.2. The van der Waals surface area contributed by atoms with Crippen molar-refractivity contribution in [1.29, 1.82) is 0 Å². The number of halogens is 3. The second-order valence-electron chi connectivity index (χ2n) is 7.43. The first-order chi connectivity index (χ1) is 17.2. The molecule has 0 aliphatic rings. The first-order valence-corrected chi connectivity index (χ1v) is 10.5. The minimum Gasteiger partial charge on any atom is -0.451 e. The Morgan fingerprint density at radius 1 is 0.972 bits per heavy atom. The van der Waals surface area contributed by atoms with Crippen molar-refractivity contribution in [3.8, 4) is 0 Å². The number of esters is 1. The molecule has 4 aromatic rings. The zero-order chi connectivity index (χ0) is 25.7. The molecule has 0 saturated carbocycles. The number of aromatic nitrogens is 2. The van der Waals surface area contributed by atoms with Gasteiger partial charge in [-0.25, -0.2) is 9.89 Å². The number of fused-ring (bicyclic) bond motifs is 1. The number of hydrogen-bond acceptors (Lipinski definition) is 6. The molecular formula is C25H17F3N4O4. The van der Waals surface area contributed by atoms with Crippen molar-refractivity contribution in [2.24, 2.45) is 5.10 Å². The Labute approximate surface area is 201 Å². The van der Waals surface area contributed by atoms with Gasteiger partial charge in [0.1, 0.15) is 0 Å². The number of alkyl halides is 3. The Morgan fingerprint density at radius 2 is 1.67 bits per heavy atom. The molecule has 0 fully saturated rings. The molecule has 1 aromatic heterocycles. The van der Waals surface area contributed by atoms with Crippen LogP contribution in [0.15, 0.2) is 88.8 Å². The van der Waals surface area contributed by atoms with Crippen molar-refractivity contribution in [3.63, 3.8) is 0 Å². The second kappa shape index (κ2) is 10.2. The highest BCUT2D eigenvalue weighted by Gasteiger charge is 2.31. The van der Waals surface area contributed by atoms with E-state index in [-0.39, 0.29) is 22.2 Å². The fraction of sp³-hybridized carbons (Fsp3) is 0.0800. The van der Waals surface area contributed by atoms with Crippen molar-refractivity contribution in [3.05, 3.63) is 106 Å². The molecule has 4 rings (SSSR count). The SMILES string of the molecule is O=C(OCC(=O)N(/N=C\c1ccccc1)c1cccc(C(F)(F)F)c1)c1n[nH]c(=O)c2ccccc12. The molecule has 0 unspecified atom stereocenters. The van der Waals surface area contributed by atoms with E-state index in [4.69, 9.17) is 4.74 Å². The number of rotatable bonds is 6. The molecule has 1 N–H and O–H groups in total. The number of hydrogen-bond donors (Lipinski definition) is 1. The predicted molar refractivity (Wildman–Crippen MR) is 126 cm³/mol. The van der Waals surface area contributed by atoms with Gasteiger partial charge in [-0.05, 0) is 29.8 Å². The molecule has 36 heavy (non-hydrogen) atoms. The Kier molecular flexibility index (Phi) is 6.91. The van der Waals surface area contributed by atoms with E-state index in [1.165, 1.54) is 24.4 Å². The largest absolute Gasteiger partial charge is 0.451 e. The molecule has 0 atom stereocenters. The van der Waals surface area contributed by atoms with Crippen LogP contribution in [0.2, 0.25) is 0 Å². The quantitative estimate of drug-likeness (QED) is 0.246. The van der Waals surface area contributed by atoms with Crippen LogP contribution in [0.1, 0.15) is 21.6 Å². The summed E-state index contributed by atoms with van der Waals surface area (Å²) in [5, 5.41) is 11.1. The Morgan fingerprint density at radius 3 is 2.39 bits per heavy atom. The topological polar surface area (TPSA) is 105 Å². The van der Waals surface area contributed by atoms with Gasteiger partial charge in [0.05, 0.1) is 22.9 Å². The lowest BCUT2D eigenvalue weighted by Crippen LogP contribution is -2.31. The molecule has 8 nitrogen and oxygen atoms in total. The zero-order valence-electron chi connectivity index (χ0n) is 18.4. The minimum absolute atomic E-state index is 0.175. The molecule has 3 aromatic carbocycles. The average Bonchev–Trinajstić information content (AvgIpc) is 2.88. The van der Waals surface area contributed by atoms with Crippen LogP contribution < -0.4 is 10.6 Å². The number of nitrogens with zero attached hydrogens (tertiary/aromatic N) is 3. The number of anilines is 1. The lowest BCUT2D eigenvalue weighted by atomic mass is 10.1. The number of aromatic amines is 1. The van der Waals surface area contributed by atoms with Gasteiger partial charge in [0.25, 0.3) is 11.5 Å². The van der Waals surface area contributed by atoms with Crippen molar-refractivity contribution < 1.29 is 27.5 Å². The summed E-state index contributed by atoms with van der Waals surface area (Å²) in [4.78, 5) is 37.5. The van der Waals surface area contributed by atoms with E-state index < -0.39 is 35.8 Å². The van der Waals surface area contributed by atoms with E-state index in [0.717, 1.165) is 18.2 Å². The third-order valence-corrected chi connectivity index (χ3v) is 4.99. The summed E-state index contributed by atoms with van der Waals surface area (Å²) < 4.78 is 44.8. The van der Waals surface area contributed by atoms with Crippen LogP contribution in [0, 0.1) is 0 Å². The van der Waals surface area contributed by atoms with Gasteiger partial charge >= 0.3 is 12.1 Å². The lowest BCUT2D eigenvalue weighted by molar-refractivity contribution is -0.137. The summed E-state index contributed by atoms with van der Waals surface area (Å²) in [6.45, 7) is -0.851. The fourth-order valence-electron chi connectivity index (χ4n) is 3.28. The number of benzene rings is 3. The molecule has 0 radical (unpaired) electrons. The standard InChI is InChI=1S/C25H17F3N4O4/c26-25(27,28)17-9-6-10-18(13-17)32(29-14-16-7-2-1-3-8-16)21(33)15-36-24(35)22-19-11-4-5-12-20(19)23(34)31-30-22/h1-14H,15H2,(H,31,34)/b29-14-. The van der Waals surface area contributed by atoms with Crippen LogP contribution >= 0.6 is 0 Å². The summed E-state index contributed by atoms with van der Waals surface area (Å²) in [6.07, 6.45) is -3.35. The van der Waals surface area contributed by atoms with Crippen molar-refractivity contribution in [1.82, 2.24) is 10.2 Å². The molecule has 1 amide bonds. The van der Waals surface area contributed by atoms with Gasteiger partial charge in [-0.3, -0.25) is 9.59 Å². The molecule has 182 valence electrons. The monoisotopic (exact) mass is 494 g/mol.